The molecule has 0 aliphatic carbocycles. The van der Waals surface area contributed by atoms with E-state index in [1.165, 1.54) is 64.1 Å². The zero-order chi connectivity index (χ0) is 89.0. The lowest BCUT2D eigenvalue weighted by Gasteiger charge is -2.10. The smallest absolute Gasteiger partial charge is 0.267 e. The highest BCUT2D eigenvalue weighted by atomic mass is 16.5. The maximum Gasteiger partial charge on any atom is 0.267 e. The number of aromatic nitrogens is 12. The Kier molecular flexibility index (Phi) is 34.7. The number of H-pyrrole nitrogens is 2. The maximum atomic E-state index is 11.1. The molecule has 0 unspecified atom stereocenters. The molecule has 15 aromatic rings. The van der Waals surface area contributed by atoms with Crippen molar-refractivity contribution in [2.45, 2.75) is 77.7 Å². The zero-order valence-corrected chi connectivity index (χ0v) is 69.3. The van der Waals surface area contributed by atoms with Crippen LogP contribution in [0.25, 0.3) is 103 Å². The lowest BCUT2D eigenvalue weighted by Crippen LogP contribution is -2.14. The number of carbonyl (C=O) groups is 6. The van der Waals surface area contributed by atoms with Crippen LogP contribution < -0.4 is 32.9 Å². The van der Waals surface area contributed by atoms with E-state index in [0.717, 1.165) is 174 Å². The molecule has 0 radical (unpaired) electrons. The fourth-order valence-electron chi connectivity index (χ4n) is 13.1. The lowest BCUT2D eigenvalue weighted by atomic mass is 10.1. The van der Waals surface area contributed by atoms with Crippen molar-refractivity contribution >= 4 is 138 Å². The first-order valence-corrected chi connectivity index (χ1v) is 39.8. The first-order chi connectivity index (χ1) is 60.6. The van der Waals surface area contributed by atoms with Crippen LogP contribution in [0.5, 0.6) is 0 Å². The Morgan fingerprint density at radius 3 is 1.21 bits per heavy atom. The van der Waals surface area contributed by atoms with Crippen molar-refractivity contribution in [3.05, 3.63) is 323 Å². The number of aliphatic hydroxyl groups excluding tert-OH is 1. The van der Waals surface area contributed by atoms with Gasteiger partial charge in [0.1, 0.15) is 23.3 Å². The first-order valence-electron chi connectivity index (χ1n) is 39.8. The Hall–Kier alpha value is -15.2. The Bertz CT molecular complexity index is 6340. The van der Waals surface area contributed by atoms with Crippen LogP contribution in [0.15, 0.2) is 249 Å². The van der Waals surface area contributed by atoms with Gasteiger partial charge in [-0.25, -0.2) is 62.8 Å². The second-order valence-electron chi connectivity index (χ2n) is 28.7. The van der Waals surface area contributed by atoms with E-state index in [1.54, 1.807) is 71.0 Å². The molecule has 6 heterocycles. The molecule has 6 amide bonds. The summed E-state index contributed by atoms with van der Waals surface area (Å²) in [6.45, 7) is 5.04. The zero-order valence-electron chi connectivity index (χ0n) is 69.3. The number of carbonyl (C=O) groups excluding carboxylic acids is 6. The van der Waals surface area contributed by atoms with Gasteiger partial charge in [0.25, 0.3) is 35.4 Å². The first kappa shape index (κ1) is 92.1. The largest absolute Gasteiger partial charge is 0.396 e. The van der Waals surface area contributed by atoms with Crippen molar-refractivity contribution in [1.82, 2.24) is 91.0 Å². The molecule has 0 atom stereocenters. The number of hydroxylamine groups is 6. The third-order valence-electron chi connectivity index (χ3n) is 19.5. The minimum atomic E-state index is -0.573. The number of nitrogens with zero attached hydrogens (tertiary/aromatic N) is 10. The van der Waals surface area contributed by atoms with Crippen LogP contribution in [0.2, 0.25) is 0 Å². The number of rotatable bonds is 26. The highest BCUT2D eigenvalue weighted by Crippen LogP contribution is 2.26. The predicted octanol–water partition coefficient (Wildman–Crippen LogP) is 13.2. The van der Waals surface area contributed by atoms with Gasteiger partial charge < -0.3 is 33.3 Å². The molecule has 0 aliphatic rings. The number of aliphatic hydroxyl groups is 1. The average Bonchev–Trinajstić information content (AvgIpc) is 1.64. The summed E-state index contributed by atoms with van der Waals surface area (Å²) >= 11 is 0. The van der Waals surface area contributed by atoms with Crippen molar-refractivity contribution < 1.29 is 65.1 Å². The molecule has 0 saturated heterocycles. The molecule has 15 rings (SSSR count). The highest BCUT2D eigenvalue weighted by Gasteiger charge is 2.16. The summed E-state index contributed by atoms with van der Waals surface area (Å²) in [5.41, 5.74) is 29.7. The quantitative estimate of drug-likeness (QED) is 0.0136. The summed E-state index contributed by atoms with van der Waals surface area (Å²) in [5.74, 6) is 0.946. The van der Waals surface area contributed by atoms with Crippen LogP contribution in [0, 0.1) is 0 Å². The third kappa shape index (κ3) is 27.7. The number of imidazole rings is 6. The van der Waals surface area contributed by atoms with Crippen LogP contribution in [0.1, 0.15) is 106 Å². The summed E-state index contributed by atoms with van der Waals surface area (Å²) in [6, 6.07) is 65.5. The molecule has 0 spiro atoms. The molecule has 0 fully saturated rings. The normalized spacial score (nSPS) is 11.3. The Labute approximate surface area is 718 Å². The van der Waals surface area contributed by atoms with E-state index < -0.39 is 35.4 Å². The van der Waals surface area contributed by atoms with Gasteiger partial charge in [-0.2, -0.15) is 0 Å². The minimum absolute atomic E-state index is 0.147. The second kappa shape index (κ2) is 47.1. The number of hydrogen-bond acceptors (Lipinski definition) is 19. The van der Waals surface area contributed by atoms with E-state index in [1.807, 2.05) is 177 Å². The van der Waals surface area contributed by atoms with E-state index in [4.69, 9.17) is 46.3 Å². The Morgan fingerprint density at radius 2 is 0.760 bits per heavy atom. The van der Waals surface area contributed by atoms with Crippen molar-refractivity contribution in [3.8, 4) is 0 Å². The summed E-state index contributed by atoms with van der Waals surface area (Å²) in [5, 5.41) is 59.6. The second-order valence-corrected chi connectivity index (χ2v) is 28.7. The SMILES string of the molecule is CC(C)c1nc2cc(/C=C/C(=O)NO)ccc2n1CCCO.Cn1c(CCCc2ccccc2)nc2cc(/C=C/C(=O)NO)ccc21.Cn1c(CCc2ccccc2)nc2cc(/C=C/C(=O)NO)ccc21.Cn1cnc2cc(/C=C/C(=O)NO)ccc21.O=C(/C=C/c1ccc2nc(CCc3ccccc3)[nH]c2c1)NO.O=C(/C=C/c1ccc2nc[nH]c2c1)NO. The van der Waals surface area contributed by atoms with E-state index in [0.29, 0.717) is 6.42 Å². The monoisotopic (exact) mass is 1690 g/mol. The Balaban J connectivity index is 0.000000158. The molecule has 31 nitrogen and oxygen atoms in total. The predicted molar refractivity (Wildman–Crippen MR) is 480 cm³/mol. The van der Waals surface area contributed by atoms with Crippen LogP contribution in [-0.2, 0) is 95.0 Å². The fourth-order valence-corrected chi connectivity index (χ4v) is 13.1. The number of fused-ring (bicyclic) bond motifs is 6. The molecule has 125 heavy (non-hydrogen) atoms. The van der Waals surface area contributed by atoms with Crippen LogP contribution in [-0.4, -0.2) is 137 Å². The van der Waals surface area contributed by atoms with E-state index >= 15 is 0 Å². The molecule has 0 bridgehead atoms. The summed E-state index contributed by atoms with van der Waals surface area (Å²) in [6.07, 6.45) is 28.0. The van der Waals surface area contributed by atoms with Crippen LogP contribution in [0.3, 0.4) is 0 Å². The van der Waals surface area contributed by atoms with Crippen molar-refractivity contribution in [2.75, 3.05) is 6.61 Å². The summed E-state index contributed by atoms with van der Waals surface area (Å²) in [4.78, 5) is 98.9. The molecular weight excluding hydrogens is 1590 g/mol. The van der Waals surface area contributed by atoms with Gasteiger partial charge in [-0.3, -0.25) is 60.0 Å². The fraction of sp³-hybridized carbons (Fsp3) is 0.170. The standard InChI is InChI=1S/C20H21N3O2.C19H19N3O2.C18H17N3O2.C16H21N3O3.C11H11N3O2.C10H9N3O2/c1-23-18-12-10-16(11-13-20(24)22-25)14-17(18)21-19(23)9-5-8-15-6-3-2-4-7-15;1-22-17-10-7-15(9-12-19(23)21-24)13-16(17)20-18(22)11-8-14-5-3-2-4-6-14;22-18(21-23)11-8-14-6-9-15-16(12-14)20-17(19-15)10-7-13-4-2-1-3-5-13;1-11(2)16-17-13-10-12(5-7-15(21)18-22)4-6-14(13)19(16)8-3-9-20;1-14-7-12-9-6-8(2-4-10(9)14)3-5-11(15)13-16;14-10(13-15)4-2-7-1-3-8-9(5-7)12-6-11-8/h2-4,6-7,10-14,25H,5,8-9H2,1H3,(H,22,24);2-7,9-10,12-13,24H,8,11H2,1H3,(H,21,23);1-6,8-9,11-12,23H,7,10H2,(H,19,20)(H,21,22);4-7,10-11,20,22H,3,8-9H2,1-2H3,(H,18,21);2-7,16H,1H3,(H,13,15);1-6,15H,(H,11,12)(H,13,14)/b13-11+;12-9+;11-8+;7-5+;5-3+;4-2+. The van der Waals surface area contributed by atoms with E-state index in [9.17, 15) is 28.8 Å². The van der Waals surface area contributed by atoms with Gasteiger partial charge in [-0.1, -0.05) is 141 Å². The number of amides is 6. The number of benzene rings is 9. The Morgan fingerprint density at radius 1 is 0.376 bits per heavy atom. The third-order valence-corrected chi connectivity index (χ3v) is 19.5. The molecule has 31 heteroatoms. The van der Waals surface area contributed by atoms with Gasteiger partial charge in [-0.15, -0.1) is 0 Å². The molecule has 0 aliphatic heterocycles. The number of aromatic amines is 2. The number of hydrogen-bond donors (Lipinski definition) is 15. The van der Waals surface area contributed by atoms with Crippen molar-refractivity contribution in [2.24, 2.45) is 21.1 Å². The van der Waals surface area contributed by atoms with Gasteiger partial charge in [-0.05, 0) is 191 Å². The van der Waals surface area contributed by atoms with Crippen LogP contribution >= 0.6 is 0 Å². The molecule has 6 aromatic heterocycles. The molecule has 0 saturated carbocycles. The van der Waals surface area contributed by atoms with Crippen LogP contribution in [0.4, 0.5) is 0 Å². The summed E-state index contributed by atoms with van der Waals surface area (Å²) in [7, 11) is 5.97. The minimum Gasteiger partial charge on any atom is -0.396 e. The van der Waals surface area contributed by atoms with Gasteiger partial charge in [0, 0.05) is 95.9 Å². The molecule has 642 valence electrons. The summed E-state index contributed by atoms with van der Waals surface area (Å²) < 4.78 is 8.27. The maximum absolute atomic E-state index is 11.1. The van der Waals surface area contributed by atoms with Crippen molar-refractivity contribution in [3.63, 3.8) is 0 Å². The van der Waals surface area contributed by atoms with Crippen molar-refractivity contribution in [1.29, 1.82) is 0 Å². The number of aryl methyl sites for hydroxylation is 10. The lowest BCUT2D eigenvalue weighted by molar-refractivity contribution is -0.124. The topological polar surface area (TPSA) is 445 Å². The van der Waals surface area contributed by atoms with E-state index in [-0.39, 0.29) is 12.5 Å². The number of nitrogens with one attached hydrogen (secondary N) is 8. The average molecular weight is 1690 g/mol. The van der Waals surface area contributed by atoms with Gasteiger partial charge in [0.2, 0.25) is 0 Å². The van der Waals surface area contributed by atoms with Gasteiger partial charge >= 0.3 is 0 Å². The molecule has 9 aromatic carbocycles. The van der Waals surface area contributed by atoms with Gasteiger partial charge in [0.15, 0.2) is 0 Å². The van der Waals surface area contributed by atoms with E-state index in [2.05, 4.69) is 106 Å². The molecular formula is C94H98N18O13. The van der Waals surface area contributed by atoms with Gasteiger partial charge in [0.05, 0.1) is 78.9 Å². The molecule has 15 N–H and O–H groups in total. The highest BCUT2D eigenvalue weighted by molar-refractivity contribution is 5.95.